The highest BCUT2D eigenvalue weighted by Crippen LogP contribution is 2.21. The molecule has 0 aromatic heterocycles. The van der Waals surface area contributed by atoms with Gasteiger partial charge in [0.1, 0.15) is 23.7 Å². The lowest BCUT2D eigenvalue weighted by Crippen LogP contribution is -2.30. The Balaban J connectivity index is 1.64. The number of amides is 1. The van der Waals surface area contributed by atoms with Crippen molar-refractivity contribution in [2.45, 2.75) is 19.6 Å². The van der Waals surface area contributed by atoms with Gasteiger partial charge in [0.25, 0.3) is 5.91 Å². The molecule has 148 valence electrons. The summed E-state index contributed by atoms with van der Waals surface area (Å²) in [6.07, 6.45) is -1.12. The molecule has 3 rings (SSSR count). The minimum Gasteiger partial charge on any atom is -0.488 e. The van der Waals surface area contributed by atoms with Gasteiger partial charge in [0.05, 0.1) is 5.69 Å². The highest BCUT2D eigenvalue weighted by Gasteiger charge is 2.22. The number of benzene rings is 3. The topological polar surface area (TPSA) is 64.6 Å². The Hall–Kier alpha value is -3.67. The van der Waals surface area contributed by atoms with Gasteiger partial charge in [0.2, 0.25) is 0 Å². The maximum atomic E-state index is 13.7. The normalized spacial score (nSPS) is 11.4. The molecule has 1 unspecified atom stereocenters. The fraction of sp³-hybridized carbons (Fsp3) is 0.130. The molecule has 0 spiro atoms. The van der Waals surface area contributed by atoms with Crippen molar-refractivity contribution < 1.29 is 23.5 Å². The molecule has 1 atom stereocenters. The van der Waals surface area contributed by atoms with Gasteiger partial charge in [-0.3, -0.25) is 4.79 Å². The highest BCUT2D eigenvalue weighted by atomic mass is 19.1. The summed E-state index contributed by atoms with van der Waals surface area (Å²) in [6, 6.07) is 21.9. The van der Waals surface area contributed by atoms with E-state index in [4.69, 9.17) is 9.47 Å². The second-order valence-corrected chi connectivity index (χ2v) is 6.29. The standard InChI is InChI=1S/C23H20FNO4/c1-16(22(26)25-20-13-7-6-12-19(20)24)29-23(27)18-11-5-8-14-21(18)28-15-17-9-3-2-4-10-17/h2-14,16H,15H2,1H3,(H,25,26). The molecular formula is C23H20FNO4. The lowest BCUT2D eigenvalue weighted by atomic mass is 10.2. The van der Waals surface area contributed by atoms with Gasteiger partial charge < -0.3 is 14.8 Å². The molecule has 5 nitrogen and oxygen atoms in total. The molecule has 3 aromatic carbocycles. The molecular weight excluding hydrogens is 373 g/mol. The molecule has 0 heterocycles. The average Bonchev–Trinajstić information content (AvgIpc) is 2.74. The number of para-hydroxylation sites is 2. The third kappa shape index (κ3) is 5.42. The molecule has 0 saturated heterocycles. The smallest absolute Gasteiger partial charge is 0.342 e. The molecule has 1 N–H and O–H groups in total. The van der Waals surface area contributed by atoms with E-state index in [2.05, 4.69) is 5.32 Å². The number of carbonyl (C=O) groups is 2. The van der Waals surface area contributed by atoms with Crippen molar-refractivity contribution in [2.75, 3.05) is 5.32 Å². The van der Waals surface area contributed by atoms with Crippen LogP contribution in [-0.2, 0) is 16.1 Å². The molecule has 0 aliphatic carbocycles. The molecule has 0 aliphatic heterocycles. The lowest BCUT2D eigenvalue weighted by Gasteiger charge is -2.15. The van der Waals surface area contributed by atoms with Crippen LogP contribution in [-0.4, -0.2) is 18.0 Å². The maximum absolute atomic E-state index is 13.7. The summed E-state index contributed by atoms with van der Waals surface area (Å²) in [5, 5.41) is 2.41. The average molecular weight is 393 g/mol. The maximum Gasteiger partial charge on any atom is 0.342 e. The molecule has 0 aliphatic rings. The second-order valence-electron chi connectivity index (χ2n) is 6.29. The number of nitrogens with one attached hydrogen (secondary N) is 1. The van der Waals surface area contributed by atoms with Crippen molar-refractivity contribution in [2.24, 2.45) is 0 Å². The van der Waals surface area contributed by atoms with Crippen LogP contribution in [0.1, 0.15) is 22.8 Å². The number of halogens is 1. The van der Waals surface area contributed by atoms with Crippen LogP contribution in [0.3, 0.4) is 0 Å². The minimum atomic E-state index is -1.12. The Bertz CT molecular complexity index is 991. The van der Waals surface area contributed by atoms with Gasteiger partial charge in [-0.25, -0.2) is 9.18 Å². The van der Waals surface area contributed by atoms with Gasteiger partial charge in [0, 0.05) is 0 Å². The molecule has 0 radical (unpaired) electrons. The predicted molar refractivity (Wildman–Crippen MR) is 107 cm³/mol. The zero-order valence-corrected chi connectivity index (χ0v) is 15.8. The fourth-order valence-corrected chi connectivity index (χ4v) is 2.57. The number of esters is 1. The van der Waals surface area contributed by atoms with E-state index in [1.54, 1.807) is 30.3 Å². The monoisotopic (exact) mass is 393 g/mol. The van der Waals surface area contributed by atoms with Crippen molar-refractivity contribution in [1.29, 1.82) is 0 Å². The van der Waals surface area contributed by atoms with E-state index in [0.717, 1.165) is 5.56 Å². The summed E-state index contributed by atoms with van der Waals surface area (Å²) in [4.78, 5) is 24.8. The third-order valence-electron chi connectivity index (χ3n) is 4.13. The summed E-state index contributed by atoms with van der Waals surface area (Å²) in [5.74, 6) is -1.56. The van der Waals surface area contributed by atoms with Crippen LogP contribution in [0, 0.1) is 5.82 Å². The first kappa shape index (κ1) is 20.1. The zero-order valence-electron chi connectivity index (χ0n) is 15.8. The van der Waals surface area contributed by atoms with E-state index in [-0.39, 0.29) is 17.9 Å². The van der Waals surface area contributed by atoms with Gasteiger partial charge in [-0.15, -0.1) is 0 Å². The minimum absolute atomic E-state index is 0.0204. The van der Waals surface area contributed by atoms with Crippen LogP contribution in [0.4, 0.5) is 10.1 Å². The Kier molecular flexibility index (Phi) is 6.58. The fourth-order valence-electron chi connectivity index (χ4n) is 2.57. The first-order chi connectivity index (χ1) is 14.0. The van der Waals surface area contributed by atoms with Gasteiger partial charge in [-0.1, -0.05) is 54.6 Å². The summed E-state index contributed by atoms with van der Waals surface area (Å²) in [5.41, 5.74) is 1.18. The van der Waals surface area contributed by atoms with Crippen LogP contribution in [0.5, 0.6) is 5.75 Å². The van der Waals surface area contributed by atoms with Crippen LogP contribution in [0.15, 0.2) is 78.9 Å². The predicted octanol–water partition coefficient (Wildman–Crippen LogP) is 4.59. The lowest BCUT2D eigenvalue weighted by molar-refractivity contribution is -0.123. The Morgan fingerprint density at radius 2 is 1.59 bits per heavy atom. The number of anilines is 1. The Morgan fingerprint density at radius 1 is 0.931 bits per heavy atom. The molecule has 3 aromatic rings. The van der Waals surface area contributed by atoms with Crippen LogP contribution >= 0.6 is 0 Å². The number of carbonyl (C=O) groups excluding carboxylic acids is 2. The van der Waals surface area contributed by atoms with Gasteiger partial charge in [0.15, 0.2) is 6.10 Å². The van der Waals surface area contributed by atoms with Gasteiger partial charge in [-0.05, 0) is 36.8 Å². The van der Waals surface area contributed by atoms with E-state index >= 15 is 0 Å². The first-order valence-electron chi connectivity index (χ1n) is 9.06. The van der Waals surface area contributed by atoms with Crippen LogP contribution < -0.4 is 10.1 Å². The van der Waals surface area contributed by atoms with Crippen molar-refractivity contribution in [1.82, 2.24) is 0 Å². The number of hydrogen-bond donors (Lipinski definition) is 1. The van der Waals surface area contributed by atoms with Crippen molar-refractivity contribution in [3.63, 3.8) is 0 Å². The summed E-state index contributed by atoms with van der Waals surface area (Å²) in [6.45, 7) is 1.70. The Morgan fingerprint density at radius 3 is 2.34 bits per heavy atom. The van der Waals surface area contributed by atoms with Crippen molar-refractivity contribution in [3.8, 4) is 5.75 Å². The largest absolute Gasteiger partial charge is 0.488 e. The summed E-state index contributed by atoms with van der Waals surface area (Å²) in [7, 11) is 0. The van der Waals surface area contributed by atoms with E-state index < -0.39 is 23.8 Å². The first-order valence-corrected chi connectivity index (χ1v) is 9.06. The molecule has 29 heavy (non-hydrogen) atoms. The van der Waals surface area contributed by atoms with E-state index in [1.807, 2.05) is 30.3 Å². The third-order valence-corrected chi connectivity index (χ3v) is 4.13. The molecule has 0 fully saturated rings. The van der Waals surface area contributed by atoms with E-state index in [9.17, 15) is 14.0 Å². The highest BCUT2D eigenvalue weighted by molar-refractivity contribution is 5.98. The number of ether oxygens (including phenoxy) is 2. The molecule has 1 amide bonds. The van der Waals surface area contributed by atoms with Crippen LogP contribution in [0.25, 0.3) is 0 Å². The van der Waals surface area contributed by atoms with E-state index in [1.165, 1.54) is 25.1 Å². The number of hydrogen-bond acceptors (Lipinski definition) is 4. The van der Waals surface area contributed by atoms with Crippen molar-refractivity contribution >= 4 is 17.6 Å². The molecule has 6 heteroatoms. The SMILES string of the molecule is CC(OC(=O)c1ccccc1OCc1ccccc1)C(=O)Nc1ccccc1F. The number of rotatable bonds is 7. The summed E-state index contributed by atoms with van der Waals surface area (Å²) < 4.78 is 24.7. The second kappa shape index (κ2) is 9.50. The zero-order chi connectivity index (χ0) is 20.6. The van der Waals surface area contributed by atoms with Gasteiger partial charge >= 0.3 is 5.97 Å². The molecule has 0 bridgehead atoms. The Labute approximate surface area is 168 Å². The van der Waals surface area contributed by atoms with E-state index in [0.29, 0.717) is 5.75 Å². The van der Waals surface area contributed by atoms with Crippen molar-refractivity contribution in [3.05, 3.63) is 95.8 Å². The van der Waals surface area contributed by atoms with Crippen LogP contribution in [0.2, 0.25) is 0 Å². The summed E-state index contributed by atoms with van der Waals surface area (Å²) >= 11 is 0. The van der Waals surface area contributed by atoms with Gasteiger partial charge in [-0.2, -0.15) is 0 Å². The quantitative estimate of drug-likeness (QED) is 0.597. The molecule has 0 saturated carbocycles.